The number of H-pyrrole nitrogens is 1. The zero-order chi connectivity index (χ0) is 14.3. The van der Waals surface area contributed by atoms with Gasteiger partial charge >= 0.3 is 11.7 Å². The first-order valence-corrected chi connectivity index (χ1v) is 7.02. The molecule has 8 heteroatoms. The van der Waals surface area contributed by atoms with Gasteiger partial charge in [0.15, 0.2) is 5.16 Å². The van der Waals surface area contributed by atoms with Crippen molar-refractivity contribution in [2.24, 2.45) is 0 Å². The second kappa shape index (κ2) is 7.78. The van der Waals surface area contributed by atoms with Gasteiger partial charge in [-0.2, -0.15) is 0 Å². The van der Waals surface area contributed by atoms with Crippen LogP contribution in [0, 0.1) is 0 Å². The summed E-state index contributed by atoms with van der Waals surface area (Å²) >= 11 is 1.18. The first-order chi connectivity index (χ1) is 9.08. The van der Waals surface area contributed by atoms with E-state index in [1.54, 1.807) is 6.92 Å². The number of ketones is 1. The Morgan fingerprint density at radius 2 is 2.11 bits per heavy atom. The van der Waals surface area contributed by atoms with Crippen LogP contribution in [-0.4, -0.2) is 38.9 Å². The summed E-state index contributed by atoms with van der Waals surface area (Å²) in [5.74, 6) is -0.258. The van der Waals surface area contributed by atoms with E-state index in [9.17, 15) is 14.4 Å². The molecule has 106 valence electrons. The van der Waals surface area contributed by atoms with Crippen molar-refractivity contribution in [2.75, 3.05) is 12.4 Å². The summed E-state index contributed by atoms with van der Waals surface area (Å²) in [6, 6.07) is 0. The van der Waals surface area contributed by atoms with Gasteiger partial charge in [0.2, 0.25) is 0 Å². The Morgan fingerprint density at radius 3 is 2.74 bits per heavy atom. The van der Waals surface area contributed by atoms with Crippen LogP contribution in [0.3, 0.4) is 0 Å². The SMILES string of the molecule is CCOC(=O)CCC(=O)CSc1n[nH]c(=O)n1CC. The van der Waals surface area contributed by atoms with Crippen molar-refractivity contribution in [2.45, 2.75) is 38.4 Å². The molecule has 19 heavy (non-hydrogen) atoms. The number of carbonyl (C=O) groups excluding carboxylic acids is 2. The van der Waals surface area contributed by atoms with Crippen molar-refractivity contribution < 1.29 is 14.3 Å². The van der Waals surface area contributed by atoms with Crippen LogP contribution in [0.4, 0.5) is 0 Å². The molecule has 1 heterocycles. The normalized spacial score (nSPS) is 10.4. The summed E-state index contributed by atoms with van der Waals surface area (Å²) in [7, 11) is 0. The molecule has 0 unspecified atom stereocenters. The zero-order valence-corrected chi connectivity index (χ0v) is 11.8. The molecule has 0 radical (unpaired) electrons. The zero-order valence-electron chi connectivity index (χ0n) is 11.0. The van der Waals surface area contributed by atoms with Crippen LogP contribution >= 0.6 is 11.8 Å². The fourth-order valence-electron chi connectivity index (χ4n) is 1.38. The molecule has 0 atom stereocenters. The van der Waals surface area contributed by atoms with Gasteiger partial charge in [-0.05, 0) is 13.8 Å². The van der Waals surface area contributed by atoms with Gasteiger partial charge in [-0.25, -0.2) is 9.89 Å². The van der Waals surface area contributed by atoms with Crippen LogP contribution in [0.25, 0.3) is 0 Å². The first kappa shape index (κ1) is 15.5. The van der Waals surface area contributed by atoms with Gasteiger partial charge < -0.3 is 4.74 Å². The van der Waals surface area contributed by atoms with E-state index in [0.717, 1.165) is 0 Å². The number of aromatic nitrogens is 3. The molecule has 0 saturated carbocycles. The highest BCUT2D eigenvalue weighted by atomic mass is 32.2. The molecule has 0 fully saturated rings. The van der Waals surface area contributed by atoms with E-state index in [-0.39, 0.29) is 36.0 Å². The quantitative estimate of drug-likeness (QED) is 0.555. The van der Waals surface area contributed by atoms with Crippen LogP contribution < -0.4 is 5.69 Å². The van der Waals surface area contributed by atoms with Crippen LogP contribution in [0.1, 0.15) is 26.7 Å². The lowest BCUT2D eigenvalue weighted by Crippen LogP contribution is -2.16. The number of nitrogens with zero attached hydrogens (tertiary/aromatic N) is 2. The molecular weight excluding hydrogens is 270 g/mol. The summed E-state index contributed by atoms with van der Waals surface area (Å²) < 4.78 is 6.18. The monoisotopic (exact) mass is 287 g/mol. The molecule has 1 aromatic heterocycles. The number of aromatic amines is 1. The summed E-state index contributed by atoms with van der Waals surface area (Å²) in [6.07, 6.45) is 0.237. The summed E-state index contributed by atoms with van der Waals surface area (Å²) in [5.41, 5.74) is -0.288. The van der Waals surface area contributed by atoms with Gasteiger partial charge in [0.05, 0.1) is 18.8 Å². The molecule has 0 aromatic carbocycles. The van der Waals surface area contributed by atoms with Gasteiger partial charge in [0.25, 0.3) is 0 Å². The number of rotatable bonds is 8. The largest absolute Gasteiger partial charge is 0.466 e. The second-order valence-corrected chi connectivity index (χ2v) is 4.63. The van der Waals surface area contributed by atoms with Gasteiger partial charge in [0, 0.05) is 13.0 Å². The Hall–Kier alpha value is -1.57. The van der Waals surface area contributed by atoms with E-state index < -0.39 is 0 Å². The molecule has 0 saturated heterocycles. The lowest BCUT2D eigenvalue weighted by Gasteiger charge is -2.02. The van der Waals surface area contributed by atoms with E-state index in [1.165, 1.54) is 16.3 Å². The molecule has 1 rings (SSSR count). The van der Waals surface area contributed by atoms with Crippen molar-refractivity contribution in [1.82, 2.24) is 14.8 Å². The average Bonchev–Trinajstić information content (AvgIpc) is 2.74. The molecule has 0 bridgehead atoms. The smallest absolute Gasteiger partial charge is 0.343 e. The predicted octanol–water partition coefficient (Wildman–Crippen LogP) is 0.596. The molecular formula is C11H17N3O4S. The predicted molar refractivity (Wildman–Crippen MR) is 70.1 cm³/mol. The van der Waals surface area contributed by atoms with Crippen LogP contribution in [-0.2, 0) is 20.9 Å². The topological polar surface area (TPSA) is 94.1 Å². The van der Waals surface area contributed by atoms with Crippen molar-refractivity contribution in [1.29, 1.82) is 0 Å². The second-order valence-electron chi connectivity index (χ2n) is 3.69. The van der Waals surface area contributed by atoms with Gasteiger partial charge in [-0.1, -0.05) is 11.8 Å². The molecule has 0 spiro atoms. The molecule has 1 N–H and O–H groups in total. The molecule has 7 nitrogen and oxygen atoms in total. The highest BCUT2D eigenvalue weighted by Crippen LogP contribution is 2.14. The number of thioether (sulfide) groups is 1. The maximum Gasteiger partial charge on any atom is 0.343 e. The Morgan fingerprint density at radius 1 is 1.37 bits per heavy atom. The van der Waals surface area contributed by atoms with Crippen molar-refractivity contribution in [3.05, 3.63) is 10.5 Å². The Balaban J connectivity index is 2.38. The van der Waals surface area contributed by atoms with Crippen molar-refractivity contribution in [3.8, 4) is 0 Å². The highest BCUT2D eigenvalue weighted by Gasteiger charge is 2.11. The summed E-state index contributed by atoms with van der Waals surface area (Å²) in [5, 5.41) is 6.64. The number of Topliss-reactive ketones (excluding diaryl/α,β-unsaturated/α-hetero) is 1. The first-order valence-electron chi connectivity index (χ1n) is 6.03. The number of nitrogens with one attached hydrogen (secondary N) is 1. The molecule has 0 aliphatic rings. The Kier molecular flexibility index (Phi) is 6.34. The maximum atomic E-state index is 11.6. The minimum Gasteiger partial charge on any atom is -0.466 e. The highest BCUT2D eigenvalue weighted by molar-refractivity contribution is 7.99. The molecule has 0 amide bonds. The number of esters is 1. The third-order valence-electron chi connectivity index (χ3n) is 2.32. The van der Waals surface area contributed by atoms with E-state index in [2.05, 4.69) is 10.2 Å². The van der Waals surface area contributed by atoms with Crippen molar-refractivity contribution >= 4 is 23.5 Å². The van der Waals surface area contributed by atoms with E-state index >= 15 is 0 Å². The summed E-state index contributed by atoms with van der Waals surface area (Å²) in [4.78, 5) is 33.9. The fraction of sp³-hybridized carbons (Fsp3) is 0.636. The third kappa shape index (κ3) is 4.90. The number of carbonyl (C=O) groups is 2. The number of ether oxygens (including phenoxy) is 1. The van der Waals surface area contributed by atoms with E-state index in [1.807, 2.05) is 6.92 Å². The number of hydrogen-bond acceptors (Lipinski definition) is 6. The number of hydrogen-bond donors (Lipinski definition) is 1. The van der Waals surface area contributed by atoms with Crippen LogP contribution in [0.2, 0.25) is 0 Å². The van der Waals surface area contributed by atoms with Crippen LogP contribution in [0.15, 0.2) is 9.95 Å². The minimum absolute atomic E-state index is 0.0730. The Bertz CT molecular complexity index is 494. The van der Waals surface area contributed by atoms with Gasteiger partial charge in [0.1, 0.15) is 5.78 Å². The molecule has 1 aromatic rings. The molecule has 0 aliphatic heterocycles. The lowest BCUT2D eigenvalue weighted by molar-refractivity contribution is -0.144. The van der Waals surface area contributed by atoms with Crippen LogP contribution in [0.5, 0.6) is 0 Å². The third-order valence-corrected chi connectivity index (χ3v) is 3.35. The van der Waals surface area contributed by atoms with Gasteiger partial charge in [-0.3, -0.25) is 14.2 Å². The van der Waals surface area contributed by atoms with E-state index in [4.69, 9.17) is 4.74 Å². The standard InChI is InChI=1S/C11H17N3O4S/c1-3-14-10(17)12-13-11(14)19-7-8(15)5-6-9(16)18-4-2/h3-7H2,1-2H3,(H,12,17). The maximum absolute atomic E-state index is 11.6. The minimum atomic E-state index is -0.369. The van der Waals surface area contributed by atoms with Crippen molar-refractivity contribution in [3.63, 3.8) is 0 Å². The molecule has 0 aliphatic carbocycles. The van der Waals surface area contributed by atoms with E-state index in [0.29, 0.717) is 18.3 Å². The summed E-state index contributed by atoms with van der Waals surface area (Å²) in [6.45, 7) is 4.35. The average molecular weight is 287 g/mol. The fourth-order valence-corrected chi connectivity index (χ4v) is 2.30. The Labute approximate surface area is 114 Å². The lowest BCUT2D eigenvalue weighted by atomic mass is 10.2. The van der Waals surface area contributed by atoms with Gasteiger partial charge in [-0.15, -0.1) is 5.10 Å².